The lowest BCUT2D eigenvalue weighted by Gasteiger charge is -2.16. The molecule has 1 aromatic rings. The molecule has 1 rings (SSSR count). The SMILES string of the molecule is CC(C)C(C)NC(=O)c1ccc(C(=O)O)o1. The van der Waals surface area contributed by atoms with E-state index in [0.717, 1.165) is 0 Å². The van der Waals surface area contributed by atoms with Crippen molar-refractivity contribution in [2.45, 2.75) is 26.8 Å². The van der Waals surface area contributed by atoms with Crippen molar-refractivity contribution in [1.29, 1.82) is 0 Å². The summed E-state index contributed by atoms with van der Waals surface area (Å²) in [6, 6.07) is 2.62. The van der Waals surface area contributed by atoms with Crippen molar-refractivity contribution in [2.24, 2.45) is 5.92 Å². The summed E-state index contributed by atoms with van der Waals surface area (Å²) in [5.74, 6) is -1.49. The second-order valence-electron chi connectivity index (χ2n) is 3.98. The third-order valence-corrected chi connectivity index (χ3v) is 2.40. The first-order chi connectivity index (χ1) is 7.41. The molecule has 0 aromatic carbocycles. The topological polar surface area (TPSA) is 79.5 Å². The highest BCUT2D eigenvalue weighted by Gasteiger charge is 2.17. The van der Waals surface area contributed by atoms with E-state index in [2.05, 4.69) is 5.32 Å². The van der Waals surface area contributed by atoms with E-state index < -0.39 is 11.9 Å². The highest BCUT2D eigenvalue weighted by Crippen LogP contribution is 2.09. The van der Waals surface area contributed by atoms with Crippen molar-refractivity contribution in [2.75, 3.05) is 0 Å². The molecule has 0 aliphatic carbocycles. The van der Waals surface area contributed by atoms with E-state index in [-0.39, 0.29) is 17.6 Å². The van der Waals surface area contributed by atoms with Gasteiger partial charge in [0.25, 0.3) is 5.91 Å². The zero-order valence-corrected chi connectivity index (χ0v) is 9.48. The van der Waals surface area contributed by atoms with Crippen LogP contribution in [0.3, 0.4) is 0 Å². The van der Waals surface area contributed by atoms with Crippen molar-refractivity contribution >= 4 is 11.9 Å². The number of hydrogen-bond acceptors (Lipinski definition) is 3. The lowest BCUT2D eigenvalue weighted by molar-refractivity contribution is 0.0659. The van der Waals surface area contributed by atoms with Crippen molar-refractivity contribution < 1.29 is 19.1 Å². The molecule has 1 amide bonds. The highest BCUT2D eigenvalue weighted by molar-refractivity contribution is 5.93. The van der Waals surface area contributed by atoms with Crippen LogP contribution in [-0.4, -0.2) is 23.0 Å². The Kier molecular flexibility index (Phi) is 3.71. The van der Waals surface area contributed by atoms with Crippen LogP contribution in [-0.2, 0) is 0 Å². The Morgan fingerprint density at radius 2 is 1.81 bits per heavy atom. The Bertz CT molecular complexity index is 394. The second kappa shape index (κ2) is 4.83. The fourth-order valence-corrected chi connectivity index (χ4v) is 1.02. The fourth-order valence-electron chi connectivity index (χ4n) is 1.02. The Hall–Kier alpha value is -1.78. The molecule has 0 saturated carbocycles. The number of nitrogens with one attached hydrogen (secondary N) is 1. The van der Waals surface area contributed by atoms with Crippen molar-refractivity contribution in [1.82, 2.24) is 5.32 Å². The van der Waals surface area contributed by atoms with Crippen LogP contribution in [0.2, 0.25) is 0 Å². The summed E-state index contributed by atoms with van der Waals surface area (Å²) in [7, 11) is 0. The van der Waals surface area contributed by atoms with Crippen molar-refractivity contribution in [3.63, 3.8) is 0 Å². The number of furan rings is 1. The minimum Gasteiger partial charge on any atom is -0.475 e. The molecule has 1 unspecified atom stereocenters. The lowest BCUT2D eigenvalue weighted by atomic mass is 10.1. The van der Waals surface area contributed by atoms with Gasteiger partial charge in [0.05, 0.1) is 0 Å². The molecule has 0 bridgehead atoms. The molecule has 0 aliphatic heterocycles. The van der Waals surface area contributed by atoms with E-state index in [1.807, 2.05) is 20.8 Å². The highest BCUT2D eigenvalue weighted by atomic mass is 16.4. The quantitative estimate of drug-likeness (QED) is 0.818. The summed E-state index contributed by atoms with van der Waals surface area (Å²) in [6.45, 7) is 5.84. The standard InChI is InChI=1S/C11H15NO4/c1-6(2)7(3)12-10(13)8-4-5-9(16-8)11(14)15/h4-7H,1-3H3,(H,12,13)(H,14,15). The molecule has 1 heterocycles. The van der Waals surface area contributed by atoms with Crippen LogP contribution in [0.1, 0.15) is 41.9 Å². The number of carbonyl (C=O) groups is 2. The van der Waals surface area contributed by atoms with Gasteiger partial charge in [-0.3, -0.25) is 4.79 Å². The largest absolute Gasteiger partial charge is 0.475 e. The van der Waals surface area contributed by atoms with Crippen LogP contribution in [0.25, 0.3) is 0 Å². The molecule has 1 atom stereocenters. The molecule has 16 heavy (non-hydrogen) atoms. The summed E-state index contributed by atoms with van der Waals surface area (Å²) in [5, 5.41) is 11.3. The Balaban J connectivity index is 2.70. The maximum absolute atomic E-state index is 11.6. The molecular formula is C11H15NO4. The molecule has 0 radical (unpaired) electrons. The van der Waals surface area contributed by atoms with Gasteiger partial charge >= 0.3 is 5.97 Å². The Morgan fingerprint density at radius 1 is 1.25 bits per heavy atom. The number of rotatable bonds is 4. The summed E-state index contributed by atoms with van der Waals surface area (Å²) >= 11 is 0. The number of aromatic carboxylic acids is 1. The Morgan fingerprint density at radius 3 is 2.25 bits per heavy atom. The van der Waals surface area contributed by atoms with Gasteiger partial charge < -0.3 is 14.8 Å². The van der Waals surface area contributed by atoms with Crippen LogP contribution < -0.4 is 5.32 Å². The van der Waals surface area contributed by atoms with Gasteiger partial charge in [-0.25, -0.2) is 4.79 Å². The van der Waals surface area contributed by atoms with Crippen molar-refractivity contribution in [3.05, 3.63) is 23.7 Å². The van der Waals surface area contributed by atoms with E-state index in [9.17, 15) is 9.59 Å². The van der Waals surface area contributed by atoms with Crippen LogP contribution in [0.5, 0.6) is 0 Å². The third-order valence-electron chi connectivity index (χ3n) is 2.40. The summed E-state index contributed by atoms with van der Waals surface area (Å²) in [5.41, 5.74) is 0. The van der Waals surface area contributed by atoms with Gasteiger partial charge in [0.15, 0.2) is 5.76 Å². The number of hydrogen-bond donors (Lipinski definition) is 2. The number of carboxylic acid groups (broad SMARTS) is 1. The zero-order chi connectivity index (χ0) is 12.3. The normalized spacial score (nSPS) is 12.5. The molecule has 0 aliphatic rings. The first-order valence-electron chi connectivity index (χ1n) is 5.05. The first kappa shape index (κ1) is 12.3. The minimum absolute atomic E-state index is 0.00544. The molecule has 88 valence electrons. The predicted molar refractivity (Wildman–Crippen MR) is 57.4 cm³/mol. The Labute approximate surface area is 93.4 Å². The van der Waals surface area contributed by atoms with Crippen LogP contribution in [0.15, 0.2) is 16.5 Å². The monoisotopic (exact) mass is 225 g/mol. The fraction of sp³-hybridized carbons (Fsp3) is 0.455. The predicted octanol–water partition coefficient (Wildman–Crippen LogP) is 1.75. The smallest absolute Gasteiger partial charge is 0.371 e. The molecular weight excluding hydrogens is 210 g/mol. The lowest BCUT2D eigenvalue weighted by Crippen LogP contribution is -2.35. The molecule has 5 heteroatoms. The van der Waals surface area contributed by atoms with E-state index in [1.165, 1.54) is 12.1 Å². The van der Waals surface area contributed by atoms with E-state index in [0.29, 0.717) is 5.92 Å². The zero-order valence-electron chi connectivity index (χ0n) is 9.48. The van der Waals surface area contributed by atoms with Gasteiger partial charge in [0.1, 0.15) is 0 Å². The van der Waals surface area contributed by atoms with Crippen LogP contribution in [0.4, 0.5) is 0 Å². The molecule has 2 N–H and O–H groups in total. The van der Waals surface area contributed by atoms with Gasteiger partial charge in [0.2, 0.25) is 5.76 Å². The minimum atomic E-state index is -1.18. The van der Waals surface area contributed by atoms with Gasteiger partial charge in [0, 0.05) is 6.04 Å². The van der Waals surface area contributed by atoms with Gasteiger partial charge in [-0.05, 0) is 25.0 Å². The number of carboxylic acids is 1. The molecule has 0 fully saturated rings. The van der Waals surface area contributed by atoms with Gasteiger partial charge in [-0.1, -0.05) is 13.8 Å². The molecule has 0 spiro atoms. The maximum atomic E-state index is 11.6. The summed E-state index contributed by atoms with van der Waals surface area (Å²) in [4.78, 5) is 22.1. The molecule has 5 nitrogen and oxygen atoms in total. The van der Waals surface area contributed by atoms with Gasteiger partial charge in [-0.15, -0.1) is 0 Å². The van der Waals surface area contributed by atoms with Crippen LogP contribution >= 0.6 is 0 Å². The first-order valence-corrected chi connectivity index (χ1v) is 5.05. The molecule has 1 aromatic heterocycles. The van der Waals surface area contributed by atoms with Crippen LogP contribution in [0, 0.1) is 5.92 Å². The van der Waals surface area contributed by atoms with Gasteiger partial charge in [-0.2, -0.15) is 0 Å². The van der Waals surface area contributed by atoms with E-state index in [4.69, 9.17) is 9.52 Å². The summed E-state index contributed by atoms with van der Waals surface area (Å²) in [6.07, 6.45) is 0. The van der Waals surface area contributed by atoms with Crippen molar-refractivity contribution in [3.8, 4) is 0 Å². The molecule has 0 saturated heterocycles. The number of amides is 1. The average molecular weight is 225 g/mol. The van der Waals surface area contributed by atoms with E-state index >= 15 is 0 Å². The second-order valence-corrected chi connectivity index (χ2v) is 3.98. The van der Waals surface area contributed by atoms with E-state index in [1.54, 1.807) is 0 Å². The summed E-state index contributed by atoms with van der Waals surface area (Å²) < 4.78 is 4.88. The average Bonchev–Trinajstić information content (AvgIpc) is 2.65. The maximum Gasteiger partial charge on any atom is 0.371 e. The number of carbonyl (C=O) groups excluding carboxylic acids is 1. The third kappa shape index (κ3) is 2.85.